The molecular formula is C16H21NO4. The van der Waals surface area contributed by atoms with E-state index in [4.69, 9.17) is 4.74 Å². The standard InChI is InChI=1S/C16H21NO4/c1-2-10-21-13-6-4-12(5-7-13)17-14(18)11-16(15(19)20)8-3-9-16/h4-7H,2-3,8-11H2,1H3,(H,17,18)(H,19,20). The first-order chi connectivity index (χ1) is 10.1. The Balaban J connectivity index is 1.89. The van der Waals surface area contributed by atoms with Crippen molar-refractivity contribution in [3.63, 3.8) is 0 Å². The molecule has 1 aliphatic carbocycles. The zero-order valence-corrected chi connectivity index (χ0v) is 12.2. The first kappa shape index (κ1) is 15.4. The summed E-state index contributed by atoms with van der Waals surface area (Å²) in [7, 11) is 0. The average Bonchev–Trinajstić information content (AvgIpc) is 2.41. The van der Waals surface area contributed by atoms with E-state index < -0.39 is 11.4 Å². The summed E-state index contributed by atoms with van der Waals surface area (Å²) in [6.45, 7) is 2.69. The van der Waals surface area contributed by atoms with Crippen LogP contribution in [0.1, 0.15) is 39.0 Å². The molecule has 5 heteroatoms. The highest BCUT2D eigenvalue weighted by Crippen LogP contribution is 2.44. The minimum atomic E-state index is -0.868. The molecule has 0 heterocycles. The summed E-state index contributed by atoms with van der Waals surface area (Å²) >= 11 is 0. The van der Waals surface area contributed by atoms with Gasteiger partial charge in [-0.25, -0.2) is 0 Å². The van der Waals surface area contributed by atoms with Crippen LogP contribution in [0.25, 0.3) is 0 Å². The molecule has 0 spiro atoms. The molecule has 114 valence electrons. The largest absolute Gasteiger partial charge is 0.494 e. The van der Waals surface area contributed by atoms with E-state index in [0.29, 0.717) is 25.1 Å². The predicted octanol–water partition coefficient (Wildman–Crippen LogP) is 3.06. The molecule has 1 saturated carbocycles. The fourth-order valence-electron chi connectivity index (χ4n) is 2.44. The van der Waals surface area contributed by atoms with Crippen molar-refractivity contribution in [1.82, 2.24) is 0 Å². The smallest absolute Gasteiger partial charge is 0.310 e. The van der Waals surface area contributed by atoms with E-state index in [1.807, 2.05) is 6.92 Å². The van der Waals surface area contributed by atoms with Gasteiger partial charge >= 0.3 is 5.97 Å². The molecule has 0 unspecified atom stereocenters. The van der Waals surface area contributed by atoms with Crippen LogP contribution in [0.2, 0.25) is 0 Å². The number of benzene rings is 1. The number of aliphatic carboxylic acids is 1. The molecule has 1 aromatic rings. The van der Waals surface area contributed by atoms with Gasteiger partial charge in [-0.15, -0.1) is 0 Å². The Labute approximate surface area is 124 Å². The number of nitrogens with one attached hydrogen (secondary N) is 1. The van der Waals surface area contributed by atoms with Gasteiger partial charge in [0.15, 0.2) is 0 Å². The Morgan fingerprint density at radius 3 is 2.43 bits per heavy atom. The number of carbonyl (C=O) groups is 2. The van der Waals surface area contributed by atoms with Crippen LogP contribution in [-0.2, 0) is 9.59 Å². The molecule has 1 amide bonds. The molecule has 0 radical (unpaired) electrons. The van der Waals surface area contributed by atoms with Crippen LogP contribution in [-0.4, -0.2) is 23.6 Å². The molecule has 5 nitrogen and oxygen atoms in total. The van der Waals surface area contributed by atoms with E-state index >= 15 is 0 Å². The first-order valence-corrected chi connectivity index (χ1v) is 7.32. The molecule has 1 fully saturated rings. The molecule has 0 aliphatic heterocycles. The van der Waals surface area contributed by atoms with Crippen LogP contribution in [0, 0.1) is 5.41 Å². The maximum atomic E-state index is 12.0. The van der Waals surface area contributed by atoms with Gasteiger partial charge in [-0.2, -0.15) is 0 Å². The van der Waals surface area contributed by atoms with Crippen molar-refractivity contribution in [2.75, 3.05) is 11.9 Å². The fourth-order valence-corrected chi connectivity index (χ4v) is 2.44. The van der Waals surface area contributed by atoms with Gasteiger partial charge in [0.2, 0.25) is 5.91 Å². The van der Waals surface area contributed by atoms with Crippen LogP contribution in [0.4, 0.5) is 5.69 Å². The van der Waals surface area contributed by atoms with Gasteiger partial charge in [0.25, 0.3) is 0 Å². The topological polar surface area (TPSA) is 75.6 Å². The lowest BCUT2D eigenvalue weighted by Gasteiger charge is -2.36. The van der Waals surface area contributed by atoms with Crippen molar-refractivity contribution in [2.45, 2.75) is 39.0 Å². The molecule has 1 aliphatic rings. The van der Waals surface area contributed by atoms with E-state index in [1.54, 1.807) is 24.3 Å². The Bertz CT molecular complexity index is 506. The van der Waals surface area contributed by atoms with Gasteiger partial charge in [0, 0.05) is 12.1 Å². The normalized spacial score (nSPS) is 15.9. The predicted molar refractivity (Wildman–Crippen MR) is 79.4 cm³/mol. The SMILES string of the molecule is CCCOc1ccc(NC(=O)CC2(C(=O)O)CCC2)cc1. The van der Waals surface area contributed by atoms with Crippen molar-refractivity contribution < 1.29 is 19.4 Å². The maximum Gasteiger partial charge on any atom is 0.310 e. The fraction of sp³-hybridized carbons (Fsp3) is 0.500. The first-order valence-electron chi connectivity index (χ1n) is 7.32. The van der Waals surface area contributed by atoms with Gasteiger partial charge in [0.1, 0.15) is 5.75 Å². The van der Waals surface area contributed by atoms with Gasteiger partial charge in [-0.3, -0.25) is 9.59 Å². The number of ether oxygens (including phenoxy) is 1. The number of carboxylic acid groups (broad SMARTS) is 1. The van der Waals surface area contributed by atoms with Gasteiger partial charge in [-0.05, 0) is 43.5 Å². The Kier molecular flexibility index (Phi) is 4.83. The lowest BCUT2D eigenvalue weighted by atomic mass is 9.66. The highest BCUT2D eigenvalue weighted by molar-refractivity contribution is 5.94. The summed E-state index contributed by atoms with van der Waals surface area (Å²) < 4.78 is 5.46. The van der Waals surface area contributed by atoms with E-state index in [1.165, 1.54) is 0 Å². The van der Waals surface area contributed by atoms with Crippen LogP contribution < -0.4 is 10.1 Å². The van der Waals surface area contributed by atoms with Gasteiger partial charge in [-0.1, -0.05) is 13.3 Å². The van der Waals surface area contributed by atoms with Gasteiger partial charge < -0.3 is 15.2 Å². The summed E-state index contributed by atoms with van der Waals surface area (Å²) in [5.74, 6) is -0.359. The number of rotatable bonds is 7. The molecular weight excluding hydrogens is 270 g/mol. The molecule has 0 saturated heterocycles. The molecule has 0 aromatic heterocycles. The zero-order chi connectivity index (χ0) is 15.3. The van der Waals surface area contributed by atoms with E-state index in [-0.39, 0.29) is 12.3 Å². The second-order valence-electron chi connectivity index (χ2n) is 5.54. The van der Waals surface area contributed by atoms with Crippen molar-refractivity contribution in [2.24, 2.45) is 5.41 Å². The molecule has 0 atom stereocenters. The number of carbonyl (C=O) groups excluding carboxylic acids is 1. The van der Waals surface area contributed by atoms with Crippen molar-refractivity contribution in [1.29, 1.82) is 0 Å². The highest BCUT2D eigenvalue weighted by atomic mass is 16.5. The molecule has 2 rings (SSSR count). The minimum Gasteiger partial charge on any atom is -0.494 e. The third-order valence-corrected chi connectivity index (χ3v) is 3.87. The summed E-state index contributed by atoms with van der Waals surface area (Å²) in [4.78, 5) is 23.2. The van der Waals surface area contributed by atoms with Crippen LogP contribution >= 0.6 is 0 Å². The second kappa shape index (κ2) is 6.61. The van der Waals surface area contributed by atoms with Crippen LogP contribution in [0.3, 0.4) is 0 Å². The van der Waals surface area contributed by atoms with Crippen molar-refractivity contribution >= 4 is 17.6 Å². The zero-order valence-electron chi connectivity index (χ0n) is 12.2. The van der Waals surface area contributed by atoms with Crippen LogP contribution in [0.5, 0.6) is 5.75 Å². The molecule has 0 bridgehead atoms. The van der Waals surface area contributed by atoms with Crippen molar-refractivity contribution in [3.05, 3.63) is 24.3 Å². The summed E-state index contributed by atoms with van der Waals surface area (Å²) in [5, 5.41) is 12.0. The summed E-state index contributed by atoms with van der Waals surface area (Å²) in [5.41, 5.74) is -0.197. The van der Waals surface area contributed by atoms with E-state index in [2.05, 4.69) is 5.32 Å². The number of hydrogen-bond acceptors (Lipinski definition) is 3. The molecule has 2 N–H and O–H groups in total. The number of amides is 1. The third-order valence-electron chi connectivity index (χ3n) is 3.87. The summed E-state index contributed by atoms with van der Waals surface area (Å²) in [6, 6.07) is 7.11. The van der Waals surface area contributed by atoms with E-state index in [9.17, 15) is 14.7 Å². The molecule has 1 aromatic carbocycles. The Hall–Kier alpha value is -2.04. The second-order valence-corrected chi connectivity index (χ2v) is 5.54. The Morgan fingerprint density at radius 1 is 1.29 bits per heavy atom. The quantitative estimate of drug-likeness (QED) is 0.809. The van der Waals surface area contributed by atoms with Crippen LogP contribution in [0.15, 0.2) is 24.3 Å². The monoisotopic (exact) mass is 291 g/mol. The van der Waals surface area contributed by atoms with E-state index in [0.717, 1.165) is 18.6 Å². The number of anilines is 1. The van der Waals surface area contributed by atoms with Gasteiger partial charge in [0.05, 0.1) is 12.0 Å². The molecule has 21 heavy (non-hydrogen) atoms. The highest BCUT2D eigenvalue weighted by Gasteiger charge is 2.45. The minimum absolute atomic E-state index is 0.0381. The summed E-state index contributed by atoms with van der Waals surface area (Å²) in [6.07, 6.45) is 3.02. The lowest BCUT2D eigenvalue weighted by molar-refractivity contribution is -0.157. The maximum absolute atomic E-state index is 12.0. The number of hydrogen-bond donors (Lipinski definition) is 2. The van der Waals surface area contributed by atoms with Crippen molar-refractivity contribution in [3.8, 4) is 5.75 Å². The third kappa shape index (κ3) is 3.74. The average molecular weight is 291 g/mol. The number of carboxylic acids is 1. The lowest BCUT2D eigenvalue weighted by Crippen LogP contribution is -2.41. The Morgan fingerprint density at radius 2 is 1.95 bits per heavy atom.